The van der Waals surface area contributed by atoms with Crippen LogP contribution in [0.15, 0.2) is 23.2 Å². The number of hydrogen-bond acceptors (Lipinski definition) is 1. The third kappa shape index (κ3) is 2.18. The van der Waals surface area contributed by atoms with E-state index in [0.717, 1.165) is 0 Å². The zero-order valence-electron chi connectivity index (χ0n) is 5.68. The van der Waals surface area contributed by atoms with E-state index in [9.17, 15) is 0 Å². The summed E-state index contributed by atoms with van der Waals surface area (Å²) in [6.07, 6.45) is 3.40. The normalized spacial score (nSPS) is 13.0. The summed E-state index contributed by atoms with van der Waals surface area (Å²) in [5.41, 5.74) is 1.08. The number of rotatable bonds is 1. The van der Waals surface area contributed by atoms with Crippen LogP contribution < -0.4 is 0 Å². The molecule has 0 aliphatic carbocycles. The summed E-state index contributed by atoms with van der Waals surface area (Å²) in [5.74, 6) is 0. The van der Waals surface area contributed by atoms with Crippen molar-refractivity contribution in [1.82, 2.24) is 0 Å². The van der Waals surface area contributed by atoms with Crippen LogP contribution in [0.3, 0.4) is 0 Å². The van der Waals surface area contributed by atoms with Crippen LogP contribution >= 0.6 is 0 Å². The van der Waals surface area contributed by atoms with Crippen molar-refractivity contribution >= 4 is 7.85 Å². The van der Waals surface area contributed by atoms with Crippen LogP contribution in [0.25, 0.3) is 0 Å². The van der Waals surface area contributed by atoms with Gasteiger partial charge in [-0.1, -0.05) is 17.6 Å². The van der Waals surface area contributed by atoms with Crippen LogP contribution in [0.5, 0.6) is 0 Å². The number of nitrogens with zero attached hydrogens (tertiary/aromatic N) is 1. The van der Waals surface area contributed by atoms with Crippen LogP contribution in [-0.4, -0.2) is 7.85 Å². The molecule has 2 radical (unpaired) electrons. The molecule has 0 aromatic rings. The second-order valence-electron chi connectivity index (χ2n) is 1.56. The molecule has 0 saturated heterocycles. The molecule has 0 unspecified atom stereocenters. The van der Waals surface area contributed by atoms with Crippen molar-refractivity contribution in [2.45, 2.75) is 13.8 Å². The molecule has 0 rings (SSSR count). The molecule has 0 spiro atoms. The molecule has 0 saturated carbocycles. The average molecular weight is 117 g/mol. The van der Waals surface area contributed by atoms with Gasteiger partial charge in [0.2, 0.25) is 0 Å². The van der Waals surface area contributed by atoms with Gasteiger partial charge in [0, 0.05) is 5.57 Å². The first-order valence-electron chi connectivity index (χ1n) is 2.74. The van der Waals surface area contributed by atoms with Crippen LogP contribution in [0.4, 0.5) is 0 Å². The van der Waals surface area contributed by atoms with Gasteiger partial charge in [0.1, 0.15) is 7.85 Å². The van der Waals surface area contributed by atoms with Crippen molar-refractivity contribution < 1.29 is 0 Å². The van der Waals surface area contributed by atoms with E-state index in [-0.39, 0.29) is 0 Å². The van der Waals surface area contributed by atoms with Gasteiger partial charge in [0.05, 0.1) is 6.07 Å². The van der Waals surface area contributed by atoms with Crippen molar-refractivity contribution in [3.8, 4) is 6.07 Å². The molecule has 0 bridgehead atoms. The van der Waals surface area contributed by atoms with E-state index in [4.69, 9.17) is 13.1 Å². The van der Waals surface area contributed by atoms with Gasteiger partial charge in [-0.2, -0.15) is 5.26 Å². The quantitative estimate of drug-likeness (QED) is 0.290. The maximum atomic E-state index is 8.39. The monoisotopic (exact) mass is 117 g/mol. The Hall–Kier alpha value is -0.965. The Kier molecular flexibility index (Phi) is 3.54. The minimum absolute atomic E-state index is 0.539. The third-order valence-electron chi connectivity index (χ3n) is 1.03. The molecular formula is C7H8BN. The van der Waals surface area contributed by atoms with Gasteiger partial charge in [-0.25, -0.2) is 0 Å². The highest BCUT2D eigenvalue weighted by Gasteiger charge is 1.91. The fourth-order valence-corrected chi connectivity index (χ4v) is 0.451. The summed E-state index contributed by atoms with van der Waals surface area (Å²) in [5, 5.41) is 8.39. The van der Waals surface area contributed by atoms with Gasteiger partial charge in [0.25, 0.3) is 0 Å². The molecule has 0 amide bonds. The molecule has 1 nitrogen and oxygen atoms in total. The smallest absolute Gasteiger partial charge is 0.115 e. The second kappa shape index (κ2) is 3.97. The standard InChI is InChI=1S/C7H8BN/c1-3-6(5-9)7(8)4-2/h3-4H,1-2H3/b6-3-,7-4+. The zero-order valence-corrected chi connectivity index (χ0v) is 5.68. The Balaban J connectivity index is 4.39. The first-order valence-corrected chi connectivity index (χ1v) is 2.74. The molecule has 44 valence electrons. The maximum absolute atomic E-state index is 8.39. The molecule has 0 aromatic carbocycles. The molecule has 0 aliphatic rings. The Labute approximate surface area is 57.1 Å². The van der Waals surface area contributed by atoms with Crippen molar-refractivity contribution in [1.29, 1.82) is 5.26 Å². The van der Waals surface area contributed by atoms with E-state index in [0.29, 0.717) is 11.0 Å². The van der Waals surface area contributed by atoms with Crippen molar-refractivity contribution in [3.63, 3.8) is 0 Å². The largest absolute Gasteiger partial charge is 0.192 e. The lowest BCUT2D eigenvalue weighted by Crippen LogP contribution is -1.83. The first kappa shape index (κ1) is 8.03. The van der Waals surface area contributed by atoms with E-state index in [1.54, 1.807) is 26.0 Å². The lowest BCUT2D eigenvalue weighted by atomic mass is 9.88. The molecule has 2 heteroatoms. The minimum atomic E-state index is 0.539. The van der Waals surface area contributed by atoms with Gasteiger partial charge in [-0.15, -0.1) is 0 Å². The highest BCUT2D eigenvalue weighted by molar-refractivity contribution is 6.24. The first-order chi connectivity index (χ1) is 4.26. The van der Waals surface area contributed by atoms with E-state index in [2.05, 4.69) is 0 Å². The summed E-state index contributed by atoms with van der Waals surface area (Å²) >= 11 is 0. The molecule has 9 heavy (non-hydrogen) atoms. The molecule has 0 N–H and O–H groups in total. The predicted octanol–water partition coefficient (Wildman–Crippen LogP) is 1.53. The Morgan fingerprint density at radius 3 is 2.11 bits per heavy atom. The van der Waals surface area contributed by atoms with Crippen molar-refractivity contribution in [2.75, 3.05) is 0 Å². The van der Waals surface area contributed by atoms with Gasteiger partial charge in [0.15, 0.2) is 0 Å². The van der Waals surface area contributed by atoms with Gasteiger partial charge >= 0.3 is 0 Å². The Bertz CT molecular complexity index is 184. The summed E-state index contributed by atoms with van der Waals surface area (Å²) < 4.78 is 0. The van der Waals surface area contributed by atoms with Crippen molar-refractivity contribution in [2.24, 2.45) is 0 Å². The summed E-state index contributed by atoms with van der Waals surface area (Å²) in [4.78, 5) is 0. The van der Waals surface area contributed by atoms with Crippen molar-refractivity contribution in [3.05, 3.63) is 23.2 Å². The topological polar surface area (TPSA) is 23.8 Å². The minimum Gasteiger partial charge on any atom is -0.192 e. The van der Waals surface area contributed by atoms with E-state index in [1.165, 1.54) is 0 Å². The second-order valence-corrected chi connectivity index (χ2v) is 1.56. The van der Waals surface area contributed by atoms with Crippen LogP contribution in [-0.2, 0) is 0 Å². The summed E-state index contributed by atoms with van der Waals surface area (Å²) in [6.45, 7) is 3.59. The van der Waals surface area contributed by atoms with Crippen LogP contribution in [0.2, 0.25) is 0 Å². The molecule has 0 heterocycles. The zero-order chi connectivity index (χ0) is 7.28. The lowest BCUT2D eigenvalue weighted by Gasteiger charge is -1.92. The fraction of sp³-hybridized carbons (Fsp3) is 0.286. The van der Waals surface area contributed by atoms with Gasteiger partial charge in [-0.05, 0) is 13.8 Å². The van der Waals surface area contributed by atoms with E-state index >= 15 is 0 Å². The summed E-state index contributed by atoms with van der Waals surface area (Å²) in [7, 11) is 5.41. The van der Waals surface area contributed by atoms with Crippen LogP contribution in [0.1, 0.15) is 13.8 Å². The molecule has 0 aliphatic heterocycles. The summed E-state index contributed by atoms with van der Waals surface area (Å²) in [6, 6.07) is 1.97. The number of nitriles is 1. The van der Waals surface area contributed by atoms with Crippen LogP contribution in [0, 0.1) is 11.3 Å². The third-order valence-corrected chi connectivity index (χ3v) is 1.03. The number of hydrogen-bond donors (Lipinski definition) is 0. The predicted molar refractivity (Wildman–Crippen MR) is 38.9 cm³/mol. The fourth-order valence-electron chi connectivity index (χ4n) is 0.451. The number of allylic oxidation sites excluding steroid dienone is 4. The molecular weight excluding hydrogens is 109 g/mol. The highest BCUT2D eigenvalue weighted by atomic mass is 14.2. The molecule has 0 aromatic heterocycles. The average Bonchev–Trinajstić information content (AvgIpc) is 1.90. The molecule has 0 fully saturated rings. The van der Waals surface area contributed by atoms with E-state index in [1.807, 2.05) is 6.07 Å². The van der Waals surface area contributed by atoms with E-state index < -0.39 is 0 Å². The SMILES string of the molecule is [B]C(=C/C)/C(C#N)=C\C. The Morgan fingerprint density at radius 2 is 2.00 bits per heavy atom. The van der Waals surface area contributed by atoms with Gasteiger partial charge in [-0.3, -0.25) is 0 Å². The molecule has 0 atom stereocenters. The Morgan fingerprint density at radius 1 is 1.44 bits per heavy atom. The highest BCUT2D eigenvalue weighted by Crippen LogP contribution is 2.02. The maximum Gasteiger partial charge on any atom is 0.115 e. The lowest BCUT2D eigenvalue weighted by molar-refractivity contribution is 1.46. The van der Waals surface area contributed by atoms with Gasteiger partial charge < -0.3 is 0 Å².